The molecule has 0 radical (unpaired) electrons. The van der Waals surface area contributed by atoms with E-state index in [9.17, 15) is 0 Å². The van der Waals surface area contributed by atoms with Crippen LogP contribution in [-0.2, 0) is 6.42 Å². The topological polar surface area (TPSA) is 52.5 Å². The molecule has 2 heterocycles. The molecule has 4 heteroatoms. The lowest BCUT2D eigenvalue weighted by Gasteiger charge is -2.05. The second-order valence-electron chi connectivity index (χ2n) is 3.72. The Morgan fingerprint density at radius 3 is 3.00 bits per heavy atom. The van der Waals surface area contributed by atoms with Gasteiger partial charge in [-0.2, -0.15) is 0 Å². The van der Waals surface area contributed by atoms with Crippen molar-refractivity contribution in [1.82, 2.24) is 9.38 Å². The molecule has 2 rings (SSSR count). The molecule has 0 amide bonds. The van der Waals surface area contributed by atoms with Gasteiger partial charge < -0.3 is 10.5 Å². The van der Waals surface area contributed by atoms with Crippen LogP contribution in [0.2, 0.25) is 0 Å². The highest BCUT2D eigenvalue weighted by atomic mass is 16.5. The van der Waals surface area contributed by atoms with Crippen molar-refractivity contribution in [3.05, 3.63) is 30.4 Å². The van der Waals surface area contributed by atoms with Gasteiger partial charge in [-0.25, -0.2) is 4.98 Å². The van der Waals surface area contributed by atoms with Crippen molar-refractivity contribution in [3.63, 3.8) is 0 Å². The average Bonchev–Trinajstić information content (AvgIpc) is 2.60. The van der Waals surface area contributed by atoms with Crippen LogP contribution in [0.1, 0.15) is 12.7 Å². The summed E-state index contributed by atoms with van der Waals surface area (Å²) in [5.41, 5.74) is 6.82. The Morgan fingerprint density at radius 1 is 1.53 bits per heavy atom. The van der Waals surface area contributed by atoms with Crippen molar-refractivity contribution in [1.29, 1.82) is 0 Å². The first kappa shape index (κ1) is 9.98. The minimum absolute atomic E-state index is 0.113. The highest BCUT2D eigenvalue weighted by Crippen LogP contribution is 2.15. The zero-order chi connectivity index (χ0) is 10.8. The molecule has 2 aromatic rings. The maximum absolute atomic E-state index is 5.76. The predicted molar refractivity (Wildman–Crippen MR) is 59.1 cm³/mol. The molecule has 15 heavy (non-hydrogen) atoms. The SMILES string of the molecule is COc1ccc2cnc(CC(C)N)n2c1. The molecule has 0 aliphatic carbocycles. The van der Waals surface area contributed by atoms with Gasteiger partial charge >= 0.3 is 0 Å². The third-order valence-electron chi connectivity index (χ3n) is 2.32. The maximum atomic E-state index is 5.76. The maximum Gasteiger partial charge on any atom is 0.135 e. The number of pyridine rings is 1. The van der Waals surface area contributed by atoms with Crippen LogP contribution in [0.5, 0.6) is 5.75 Å². The van der Waals surface area contributed by atoms with E-state index in [2.05, 4.69) is 4.98 Å². The molecule has 0 aliphatic heterocycles. The number of hydrogen-bond donors (Lipinski definition) is 1. The molecule has 0 bridgehead atoms. The summed E-state index contributed by atoms with van der Waals surface area (Å²) in [6, 6.07) is 4.02. The van der Waals surface area contributed by atoms with Crippen molar-refractivity contribution in [2.24, 2.45) is 5.73 Å². The third-order valence-corrected chi connectivity index (χ3v) is 2.32. The van der Waals surface area contributed by atoms with Gasteiger partial charge in [0.1, 0.15) is 11.6 Å². The van der Waals surface area contributed by atoms with E-state index in [0.717, 1.165) is 23.5 Å². The molecule has 0 saturated carbocycles. The lowest BCUT2D eigenvalue weighted by atomic mass is 10.2. The summed E-state index contributed by atoms with van der Waals surface area (Å²) >= 11 is 0. The second kappa shape index (κ2) is 3.90. The van der Waals surface area contributed by atoms with Crippen LogP contribution in [0, 0.1) is 0 Å². The normalized spacial score (nSPS) is 13.0. The van der Waals surface area contributed by atoms with Crippen molar-refractivity contribution in [3.8, 4) is 5.75 Å². The summed E-state index contributed by atoms with van der Waals surface area (Å²) < 4.78 is 7.19. The number of methoxy groups -OCH3 is 1. The van der Waals surface area contributed by atoms with Crippen molar-refractivity contribution >= 4 is 5.52 Å². The van der Waals surface area contributed by atoms with Crippen LogP contribution in [-0.4, -0.2) is 22.5 Å². The Kier molecular flexibility index (Phi) is 2.60. The fraction of sp³-hybridized carbons (Fsp3) is 0.364. The summed E-state index contributed by atoms with van der Waals surface area (Å²) in [7, 11) is 1.66. The zero-order valence-corrected chi connectivity index (χ0v) is 8.97. The first-order valence-electron chi connectivity index (χ1n) is 4.96. The first-order chi connectivity index (χ1) is 7.20. The number of imidazole rings is 1. The average molecular weight is 205 g/mol. The van der Waals surface area contributed by atoms with Crippen LogP contribution < -0.4 is 10.5 Å². The van der Waals surface area contributed by atoms with E-state index in [-0.39, 0.29) is 6.04 Å². The lowest BCUT2D eigenvalue weighted by Crippen LogP contribution is -2.19. The molecule has 2 aromatic heterocycles. The standard InChI is InChI=1S/C11H15N3O/c1-8(12)5-11-13-6-9-3-4-10(15-2)7-14(9)11/h3-4,6-8H,5,12H2,1-2H3. The Balaban J connectivity index is 2.46. The van der Waals surface area contributed by atoms with Gasteiger partial charge in [0.25, 0.3) is 0 Å². The highest BCUT2D eigenvalue weighted by molar-refractivity contribution is 5.48. The highest BCUT2D eigenvalue weighted by Gasteiger charge is 2.06. The number of rotatable bonds is 3. The Morgan fingerprint density at radius 2 is 2.33 bits per heavy atom. The van der Waals surface area contributed by atoms with E-state index < -0.39 is 0 Å². The smallest absolute Gasteiger partial charge is 0.135 e. The van der Waals surface area contributed by atoms with E-state index in [1.807, 2.05) is 35.9 Å². The zero-order valence-electron chi connectivity index (χ0n) is 8.97. The minimum Gasteiger partial charge on any atom is -0.495 e. The van der Waals surface area contributed by atoms with Crippen molar-refractivity contribution in [2.75, 3.05) is 7.11 Å². The molecule has 1 unspecified atom stereocenters. The number of nitrogens with two attached hydrogens (primary N) is 1. The monoisotopic (exact) mass is 205 g/mol. The Hall–Kier alpha value is -1.55. The summed E-state index contributed by atoms with van der Waals surface area (Å²) in [5, 5.41) is 0. The van der Waals surface area contributed by atoms with Crippen molar-refractivity contribution in [2.45, 2.75) is 19.4 Å². The second-order valence-corrected chi connectivity index (χ2v) is 3.72. The third kappa shape index (κ3) is 1.94. The van der Waals surface area contributed by atoms with Crippen molar-refractivity contribution < 1.29 is 4.74 Å². The molecular weight excluding hydrogens is 190 g/mol. The predicted octanol–water partition coefficient (Wildman–Crippen LogP) is 1.23. The fourth-order valence-electron chi connectivity index (χ4n) is 1.58. The number of hydrogen-bond acceptors (Lipinski definition) is 3. The molecular formula is C11H15N3O. The Labute approximate surface area is 88.7 Å². The van der Waals surface area contributed by atoms with Crippen LogP contribution in [0.3, 0.4) is 0 Å². The molecule has 0 aromatic carbocycles. The number of nitrogens with zero attached hydrogens (tertiary/aromatic N) is 2. The van der Waals surface area contributed by atoms with E-state index in [1.165, 1.54) is 0 Å². The molecule has 0 fully saturated rings. The van der Waals surface area contributed by atoms with Gasteiger partial charge in [0.2, 0.25) is 0 Å². The molecule has 2 N–H and O–H groups in total. The lowest BCUT2D eigenvalue weighted by molar-refractivity contribution is 0.412. The first-order valence-corrected chi connectivity index (χ1v) is 4.96. The number of aromatic nitrogens is 2. The fourth-order valence-corrected chi connectivity index (χ4v) is 1.58. The van der Waals surface area contributed by atoms with Gasteiger partial charge in [-0.05, 0) is 19.1 Å². The van der Waals surface area contributed by atoms with E-state index in [0.29, 0.717) is 0 Å². The molecule has 0 aliphatic rings. The van der Waals surface area contributed by atoms with E-state index in [1.54, 1.807) is 7.11 Å². The van der Waals surface area contributed by atoms with Gasteiger partial charge in [0.15, 0.2) is 0 Å². The van der Waals surface area contributed by atoms with E-state index in [4.69, 9.17) is 10.5 Å². The van der Waals surface area contributed by atoms with Gasteiger partial charge in [-0.1, -0.05) is 0 Å². The Bertz CT molecular complexity index is 462. The van der Waals surface area contributed by atoms with Gasteiger partial charge in [0, 0.05) is 12.5 Å². The van der Waals surface area contributed by atoms with Crippen LogP contribution in [0.25, 0.3) is 5.52 Å². The quantitative estimate of drug-likeness (QED) is 0.820. The number of fused-ring (bicyclic) bond motifs is 1. The van der Waals surface area contributed by atoms with Gasteiger partial charge in [-0.15, -0.1) is 0 Å². The van der Waals surface area contributed by atoms with Gasteiger partial charge in [-0.3, -0.25) is 4.40 Å². The van der Waals surface area contributed by atoms with Crippen LogP contribution >= 0.6 is 0 Å². The summed E-state index contributed by atoms with van der Waals surface area (Å²) in [4.78, 5) is 4.34. The van der Waals surface area contributed by atoms with Gasteiger partial charge in [0.05, 0.1) is 25.0 Å². The molecule has 80 valence electrons. The summed E-state index contributed by atoms with van der Waals surface area (Å²) in [6.45, 7) is 1.97. The molecule has 1 atom stereocenters. The minimum atomic E-state index is 0.113. The van der Waals surface area contributed by atoms with Crippen LogP contribution in [0.15, 0.2) is 24.5 Å². The summed E-state index contributed by atoms with van der Waals surface area (Å²) in [5.74, 6) is 1.80. The largest absolute Gasteiger partial charge is 0.495 e. The molecule has 0 spiro atoms. The molecule has 4 nitrogen and oxygen atoms in total. The summed E-state index contributed by atoms with van der Waals surface area (Å²) in [6.07, 6.45) is 4.54. The van der Waals surface area contributed by atoms with Crippen LogP contribution in [0.4, 0.5) is 0 Å². The number of ether oxygens (including phenoxy) is 1. The van der Waals surface area contributed by atoms with E-state index >= 15 is 0 Å². The molecule has 0 saturated heterocycles.